The van der Waals surface area contributed by atoms with Crippen molar-refractivity contribution in [3.63, 3.8) is 0 Å². The van der Waals surface area contributed by atoms with Crippen molar-refractivity contribution in [3.8, 4) is 0 Å². The molecule has 0 amide bonds. The van der Waals surface area contributed by atoms with Gasteiger partial charge in [-0.1, -0.05) is 19.3 Å². The minimum Gasteiger partial charge on any atom is -0.469 e. The Balaban J connectivity index is 3.96. The Kier molecular flexibility index (Phi) is 8.38. The van der Waals surface area contributed by atoms with E-state index in [0.717, 1.165) is 19.1 Å². The van der Waals surface area contributed by atoms with Crippen LogP contribution in [0.25, 0.3) is 0 Å². The van der Waals surface area contributed by atoms with Crippen LogP contribution < -0.4 is 0 Å². The second-order valence-electron chi connectivity index (χ2n) is 4.37. The number of esters is 2. The van der Waals surface area contributed by atoms with Gasteiger partial charge in [-0.25, -0.2) is 8.42 Å². The van der Waals surface area contributed by atoms with Gasteiger partial charge in [0.25, 0.3) is 0 Å². The molecule has 7 heteroatoms. The van der Waals surface area contributed by atoms with Gasteiger partial charge >= 0.3 is 11.9 Å². The van der Waals surface area contributed by atoms with E-state index in [1.54, 1.807) is 0 Å². The lowest BCUT2D eigenvalue weighted by molar-refractivity contribution is -0.141. The number of unbranched alkanes of at least 4 members (excludes halogenated alkanes) is 3. The van der Waals surface area contributed by atoms with E-state index in [0.29, 0.717) is 19.3 Å². The summed E-state index contributed by atoms with van der Waals surface area (Å²) in [6.45, 7) is 0. The van der Waals surface area contributed by atoms with Crippen LogP contribution in [0.4, 0.5) is 0 Å². The van der Waals surface area contributed by atoms with Gasteiger partial charge < -0.3 is 9.47 Å². The van der Waals surface area contributed by atoms with Crippen LogP contribution in [-0.2, 0) is 28.9 Å². The molecule has 1 atom stereocenters. The van der Waals surface area contributed by atoms with Crippen molar-refractivity contribution in [2.24, 2.45) is 0 Å². The molecule has 0 fully saturated rings. The fourth-order valence-electron chi connectivity index (χ4n) is 1.69. The van der Waals surface area contributed by atoms with Crippen LogP contribution >= 0.6 is 0 Å². The van der Waals surface area contributed by atoms with Crippen molar-refractivity contribution < 1.29 is 27.5 Å². The third kappa shape index (κ3) is 7.81. The summed E-state index contributed by atoms with van der Waals surface area (Å²) in [6, 6.07) is 0. The maximum atomic E-state index is 11.4. The number of sulfone groups is 1. The summed E-state index contributed by atoms with van der Waals surface area (Å²) in [5, 5.41) is -1.09. The summed E-state index contributed by atoms with van der Waals surface area (Å²) < 4.78 is 31.8. The molecule has 0 bridgehead atoms. The number of methoxy groups -OCH3 is 2. The van der Waals surface area contributed by atoms with Gasteiger partial charge in [-0.15, -0.1) is 0 Å². The Bertz CT molecular complexity index is 387. The molecule has 0 aliphatic carbocycles. The minimum absolute atomic E-state index is 0.247. The summed E-state index contributed by atoms with van der Waals surface area (Å²) in [4.78, 5) is 22.2. The van der Waals surface area contributed by atoms with Gasteiger partial charge in [0.15, 0.2) is 15.1 Å². The van der Waals surface area contributed by atoms with Crippen molar-refractivity contribution in [1.82, 2.24) is 0 Å². The van der Waals surface area contributed by atoms with Crippen molar-refractivity contribution >= 4 is 21.8 Å². The van der Waals surface area contributed by atoms with Crippen molar-refractivity contribution in [2.75, 3.05) is 20.5 Å². The van der Waals surface area contributed by atoms with Crippen LogP contribution in [-0.4, -0.2) is 46.1 Å². The average molecular weight is 294 g/mol. The van der Waals surface area contributed by atoms with Crippen LogP contribution in [0.15, 0.2) is 0 Å². The molecule has 0 aliphatic heterocycles. The Morgan fingerprint density at radius 3 is 2.05 bits per heavy atom. The van der Waals surface area contributed by atoms with Crippen molar-refractivity contribution in [2.45, 2.75) is 43.8 Å². The molecule has 0 aromatic heterocycles. The predicted molar refractivity (Wildman–Crippen MR) is 70.4 cm³/mol. The number of hydrogen-bond acceptors (Lipinski definition) is 6. The first-order valence-electron chi connectivity index (χ1n) is 6.16. The normalized spacial score (nSPS) is 12.8. The van der Waals surface area contributed by atoms with Gasteiger partial charge in [-0.3, -0.25) is 9.59 Å². The van der Waals surface area contributed by atoms with Crippen LogP contribution in [0.2, 0.25) is 0 Å². The molecular weight excluding hydrogens is 272 g/mol. The quantitative estimate of drug-likeness (QED) is 0.467. The maximum absolute atomic E-state index is 11.4. The molecule has 0 rings (SSSR count). The highest BCUT2D eigenvalue weighted by atomic mass is 32.2. The van der Waals surface area contributed by atoms with Crippen LogP contribution in [0.5, 0.6) is 0 Å². The first kappa shape index (κ1) is 17.9. The minimum atomic E-state index is -3.44. The van der Waals surface area contributed by atoms with Crippen LogP contribution in [0.3, 0.4) is 0 Å². The Morgan fingerprint density at radius 2 is 1.58 bits per heavy atom. The topological polar surface area (TPSA) is 86.7 Å². The van der Waals surface area contributed by atoms with Gasteiger partial charge in [0.1, 0.15) is 0 Å². The van der Waals surface area contributed by atoms with E-state index in [4.69, 9.17) is 0 Å². The number of rotatable bonds is 9. The lowest BCUT2D eigenvalue weighted by Crippen LogP contribution is -2.30. The standard InChI is InChI=1S/C12H22O6S/c1-17-11(13)9-7-5-4-6-8-10(12(14)18-2)19(3,15)16/h10H,4-9H2,1-3H3/t10-/m1/s1. The Hall–Kier alpha value is -1.11. The second kappa shape index (κ2) is 8.90. The zero-order valence-corrected chi connectivity index (χ0v) is 12.5. The lowest BCUT2D eigenvalue weighted by atomic mass is 10.1. The monoisotopic (exact) mass is 294 g/mol. The van der Waals surface area contributed by atoms with Gasteiger partial charge in [-0.05, 0) is 12.8 Å². The number of carbonyl (C=O) groups excluding carboxylic acids is 2. The molecule has 0 aromatic rings. The summed E-state index contributed by atoms with van der Waals surface area (Å²) in [7, 11) is -0.915. The van der Waals surface area contributed by atoms with E-state index in [9.17, 15) is 18.0 Å². The van der Waals surface area contributed by atoms with Gasteiger partial charge in [0.2, 0.25) is 0 Å². The molecule has 0 spiro atoms. The summed E-state index contributed by atoms with van der Waals surface area (Å²) in [5.74, 6) is -0.958. The molecule has 0 heterocycles. The Labute approximate surface area is 114 Å². The van der Waals surface area contributed by atoms with Gasteiger partial charge in [0, 0.05) is 12.7 Å². The molecule has 0 unspecified atom stereocenters. The van der Waals surface area contributed by atoms with E-state index < -0.39 is 21.1 Å². The van der Waals surface area contributed by atoms with Crippen molar-refractivity contribution in [1.29, 1.82) is 0 Å². The van der Waals surface area contributed by atoms with E-state index in [-0.39, 0.29) is 12.4 Å². The third-order valence-electron chi connectivity index (χ3n) is 2.81. The SMILES string of the molecule is COC(=O)CCCCCC[C@H](C(=O)OC)S(C)(=O)=O. The zero-order chi connectivity index (χ0) is 14.9. The first-order chi connectivity index (χ1) is 8.82. The fourth-order valence-corrected chi connectivity index (χ4v) is 2.73. The van der Waals surface area contributed by atoms with E-state index in [2.05, 4.69) is 9.47 Å². The molecule has 0 N–H and O–H groups in total. The molecule has 0 aromatic carbocycles. The van der Waals surface area contributed by atoms with Gasteiger partial charge in [0.05, 0.1) is 14.2 Å². The van der Waals surface area contributed by atoms with Crippen LogP contribution in [0.1, 0.15) is 38.5 Å². The predicted octanol–water partition coefficient (Wildman–Crippen LogP) is 1.09. The molecule has 19 heavy (non-hydrogen) atoms. The first-order valence-corrected chi connectivity index (χ1v) is 8.12. The van der Waals surface area contributed by atoms with E-state index in [1.165, 1.54) is 14.2 Å². The smallest absolute Gasteiger partial charge is 0.324 e. The molecule has 0 aliphatic rings. The van der Waals surface area contributed by atoms with E-state index in [1.807, 2.05) is 0 Å². The highest BCUT2D eigenvalue weighted by Crippen LogP contribution is 2.13. The lowest BCUT2D eigenvalue weighted by Gasteiger charge is -2.12. The van der Waals surface area contributed by atoms with Crippen molar-refractivity contribution in [3.05, 3.63) is 0 Å². The number of carbonyl (C=O) groups is 2. The third-order valence-corrected chi connectivity index (χ3v) is 4.27. The molecule has 0 radical (unpaired) electrons. The number of hydrogen-bond donors (Lipinski definition) is 0. The number of ether oxygens (including phenoxy) is 2. The summed E-state index contributed by atoms with van der Waals surface area (Å²) in [5.41, 5.74) is 0. The molecular formula is C12H22O6S. The molecule has 6 nitrogen and oxygen atoms in total. The fraction of sp³-hybridized carbons (Fsp3) is 0.833. The summed E-state index contributed by atoms with van der Waals surface area (Å²) in [6.07, 6.45) is 4.52. The highest BCUT2D eigenvalue weighted by molar-refractivity contribution is 7.92. The molecule has 0 saturated heterocycles. The summed E-state index contributed by atoms with van der Waals surface area (Å²) >= 11 is 0. The maximum Gasteiger partial charge on any atom is 0.324 e. The zero-order valence-electron chi connectivity index (χ0n) is 11.7. The van der Waals surface area contributed by atoms with E-state index >= 15 is 0 Å². The van der Waals surface area contributed by atoms with Gasteiger partial charge in [-0.2, -0.15) is 0 Å². The highest BCUT2D eigenvalue weighted by Gasteiger charge is 2.28. The Morgan fingerprint density at radius 1 is 1.00 bits per heavy atom. The molecule has 112 valence electrons. The van der Waals surface area contributed by atoms with Crippen LogP contribution in [0, 0.1) is 0 Å². The second-order valence-corrected chi connectivity index (χ2v) is 6.60. The largest absolute Gasteiger partial charge is 0.469 e. The molecule has 0 saturated carbocycles. The average Bonchev–Trinajstić information content (AvgIpc) is 2.35.